The summed E-state index contributed by atoms with van der Waals surface area (Å²) in [5, 5.41) is 2.67. The van der Waals surface area contributed by atoms with Gasteiger partial charge in [-0.1, -0.05) is 30.4 Å². The molecule has 84 valence electrons. The van der Waals surface area contributed by atoms with Crippen LogP contribution < -0.4 is 5.32 Å². The summed E-state index contributed by atoms with van der Waals surface area (Å²) >= 11 is 0. The van der Waals surface area contributed by atoms with Gasteiger partial charge in [0.15, 0.2) is 0 Å². The molecule has 16 heavy (non-hydrogen) atoms. The third kappa shape index (κ3) is 3.69. The van der Waals surface area contributed by atoms with Crippen molar-refractivity contribution in [3.05, 3.63) is 41.0 Å². The molecule has 0 aliphatic carbocycles. The molecule has 0 fully saturated rings. The molecule has 3 nitrogen and oxygen atoms in total. The van der Waals surface area contributed by atoms with Gasteiger partial charge in [-0.25, -0.2) is 0 Å². The minimum atomic E-state index is -0.0443. The van der Waals surface area contributed by atoms with Crippen LogP contribution in [0.5, 0.6) is 0 Å². The number of nitrogens with one attached hydrogen (secondary N) is 1. The molecule has 0 heterocycles. The summed E-state index contributed by atoms with van der Waals surface area (Å²) in [5.74, 6) is -0.0443. The second-order valence-electron chi connectivity index (χ2n) is 3.57. The van der Waals surface area contributed by atoms with Crippen molar-refractivity contribution >= 4 is 18.3 Å². The van der Waals surface area contributed by atoms with Crippen LogP contribution in [0, 0.1) is 6.92 Å². The minimum absolute atomic E-state index is 0.0443. The molecule has 1 aromatic rings. The molecule has 1 aromatic carbocycles. The van der Waals surface area contributed by atoms with Crippen molar-refractivity contribution in [2.24, 2.45) is 0 Å². The highest BCUT2D eigenvalue weighted by Gasteiger charge is 1.96. The van der Waals surface area contributed by atoms with E-state index >= 15 is 0 Å². The molecule has 0 saturated carbocycles. The quantitative estimate of drug-likeness (QED) is 0.783. The fourth-order valence-electron chi connectivity index (χ4n) is 1.33. The van der Waals surface area contributed by atoms with Crippen molar-refractivity contribution in [2.75, 3.05) is 6.54 Å². The van der Waals surface area contributed by atoms with E-state index in [2.05, 4.69) is 5.32 Å². The van der Waals surface area contributed by atoms with E-state index in [1.807, 2.05) is 31.2 Å². The zero-order valence-corrected chi connectivity index (χ0v) is 9.49. The van der Waals surface area contributed by atoms with Gasteiger partial charge in [0.05, 0.1) is 0 Å². The van der Waals surface area contributed by atoms with Crippen LogP contribution in [0.2, 0.25) is 0 Å². The zero-order chi connectivity index (χ0) is 12.0. The van der Waals surface area contributed by atoms with Crippen LogP contribution in [0.25, 0.3) is 6.08 Å². The molecule has 0 radical (unpaired) electrons. The number of amides is 1. The monoisotopic (exact) mass is 217 g/mol. The molecule has 1 amide bonds. The number of carbonyl (C=O) groups excluding carboxylic acids is 2. The highest BCUT2D eigenvalue weighted by atomic mass is 16.1. The van der Waals surface area contributed by atoms with Gasteiger partial charge in [-0.15, -0.1) is 0 Å². The van der Waals surface area contributed by atoms with E-state index in [-0.39, 0.29) is 5.91 Å². The first-order chi connectivity index (χ1) is 7.63. The molecule has 0 bridgehead atoms. The topological polar surface area (TPSA) is 46.2 Å². The Morgan fingerprint density at radius 3 is 2.75 bits per heavy atom. The van der Waals surface area contributed by atoms with Crippen molar-refractivity contribution in [3.63, 3.8) is 0 Å². The van der Waals surface area contributed by atoms with E-state index in [4.69, 9.17) is 0 Å². The van der Waals surface area contributed by atoms with E-state index in [9.17, 15) is 9.59 Å². The fourth-order valence-corrected chi connectivity index (χ4v) is 1.33. The van der Waals surface area contributed by atoms with Gasteiger partial charge in [-0.2, -0.15) is 0 Å². The number of aryl methyl sites for hydroxylation is 1. The van der Waals surface area contributed by atoms with Crippen molar-refractivity contribution in [3.8, 4) is 0 Å². The molecular weight excluding hydrogens is 202 g/mol. The summed E-state index contributed by atoms with van der Waals surface area (Å²) in [6.45, 7) is 3.90. The summed E-state index contributed by atoms with van der Waals surface area (Å²) in [6, 6.07) is 5.61. The molecule has 0 saturated heterocycles. The van der Waals surface area contributed by atoms with Gasteiger partial charge >= 0.3 is 0 Å². The molecule has 0 atom stereocenters. The second-order valence-corrected chi connectivity index (χ2v) is 3.57. The van der Waals surface area contributed by atoms with Crippen molar-refractivity contribution in [2.45, 2.75) is 13.8 Å². The second kappa shape index (κ2) is 5.85. The average Bonchev–Trinajstić information content (AvgIpc) is 2.24. The number of benzene rings is 1. The number of rotatable bonds is 4. The molecule has 0 spiro atoms. The number of hydrogen-bond acceptors (Lipinski definition) is 2. The van der Waals surface area contributed by atoms with Crippen LogP contribution in [0.1, 0.15) is 28.4 Å². The Balaban J connectivity index is 2.64. The van der Waals surface area contributed by atoms with Gasteiger partial charge in [0.1, 0.15) is 6.29 Å². The molecule has 1 N–H and O–H groups in total. The summed E-state index contributed by atoms with van der Waals surface area (Å²) in [4.78, 5) is 21.2. The van der Waals surface area contributed by atoms with E-state index < -0.39 is 0 Å². The normalized spacial score (nSPS) is 10.4. The Morgan fingerprint density at radius 2 is 2.19 bits per heavy atom. The lowest BCUT2D eigenvalue weighted by Gasteiger charge is -2.00. The maximum atomic E-state index is 10.6. The summed E-state index contributed by atoms with van der Waals surface area (Å²) in [7, 11) is 0. The van der Waals surface area contributed by atoms with Crippen LogP contribution in [-0.2, 0) is 4.79 Å². The zero-order valence-electron chi connectivity index (χ0n) is 9.49. The van der Waals surface area contributed by atoms with Crippen LogP contribution in [-0.4, -0.2) is 18.7 Å². The maximum Gasteiger partial charge on any atom is 0.217 e. The highest BCUT2D eigenvalue weighted by Crippen LogP contribution is 2.10. The lowest BCUT2D eigenvalue weighted by atomic mass is 10.1. The predicted octanol–water partition coefficient (Wildman–Crippen LogP) is 1.96. The van der Waals surface area contributed by atoms with Gasteiger partial charge in [0, 0.05) is 19.0 Å². The van der Waals surface area contributed by atoms with Gasteiger partial charge in [-0.3, -0.25) is 9.59 Å². The summed E-state index contributed by atoms with van der Waals surface area (Å²) in [5.41, 5.74) is 2.68. The standard InChI is InChI=1S/C13H15NO2/c1-10-8-12(5-6-13(10)9-15)4-3-7-14-11(2)16/h3-6,8-9H,7H2,1-2H3,(H,14,16). The lowest BCUT2D eigenvalue weighted by Crippen LogP contribution is -2.19. The first-order valence-electron chi connectivity index (χ1n) is 5.10. The minimum Gasteiger partial charge on any atom is -0.353 e. The number of aldehydes is 1. The van der Waals surface area contributed by atoms with Crippen LogP contribution in [0.4, 0.5) is 0 Å². The molecule has 0 aromatic heterocycles. The SMILES string of the molecule is CC(=O)NCC=Cc1ccc(C=O)c(C)c1. The molecule has 0 aliphatic heterocycles. The molecule has 1 rings (SSSR count). The highest BCUT2D eigenvalue weighted by molar-refractivity contribution is 5.78. The van der Waals surface area contributed by atoms with Crippen LogP contribution in [0.15, 0.2) is 24.3 Å². The lowest BCUT2D eigenvalue weighted by molar-refractivity contribution is -0.118. The van der Waals surface area contributed by atoms with Crippen molar-refractivity contribution in [1.29, 1.82) is 0 Å². The van der Waals surface area contributed by atoms with Crippen LogP contribution >= 0.6 is 0 Å². The molecule has 3 heteroatoms. The Hall–Kier alpha value is -1.90. The van der Waals surface area contributed by atoms with Gasteiger partial charge in [0.2, 0.25) is 5.91 Å². The number of hydrogen-bond donors (Lipinski definition) is 1. The third-order valence-corrected chi connectivity index (χ3v) is 2.20. The molecular formula is C13H15NO2. The van der Waals surface area contributed by atoms with Crippen molar-refractivity contribution < 1.29 is 9.59 Å². The largest absolute Gasteiger partial charge is 0.353 e. The van der Waals surface area contributed by atoms with E-state index in [1.54, 1.807) is 6.07 Å². The Morgan fingerprint density at radius 1 is 1.44 bits per heavy atom. The summed E-state index contributed by atoms with van der Waals surface area (Å²) in [6.07, 6.45) is 4.63. The van der Waals surface area contributed by atoms with Gasteiger partial charge in [-0.05, 0) is 18.1 Å². The van der Waals surface area contributed by atoms with E-state index in [0.29, 0.717) is 12.1 Å². The predicted molar refractivity (Wildman–Crippen MR) is 64.3 cm³/mol. The van der Waals surface area contributed by atoms with Crippen LogP contribution in [0.3, 0.4) is 0 Å². The van der Waals surface area contributed by atoms with E-state index in [0.717, 1.165) is 17.4 Å². The van der Waals surface area contributed by atoms with E-state index in [1.165, 1.54) is 6.92 Å². The maximum absolute atomic E-state index is 10.6. The Kier molecular flexibility index (Phi) is 4.45. The Labute approximate surface area is 95.2 Å². The third-order valence-electron chi connectivity index (χ3n) is 2.20. The molecule has 0 aliphatic rings. The number of carbonyl (C=O) groups is 2. The van der Waals surface area contributed by atoms with Gasteiger partial charge in [0.25, 0.3) is 0 Å². The first-order valence-corrected chi connectivity index (χ1v) is 5.10. The average molecular weight is 217 g/mol. The van der Waals surface area contributed by atoms with Crippen molar-refractivity contribution in [1.82, 2.24) is 5.32 Å². The fraction of sp³-hybridized carbons (Fsp3) is 0.231. The Bertz CT molecular complexity index is 422. The summed E-state index contributed by atoms with van der Waals surface area (Å²) < 4.78 is 0. The van der Waals surface area contributed by atoms with Gasteiger partial charge < -0.3 is 5.32 Å². The smallest absolute Gasteiger partial charge is 0.217 e. The molecule has 0 unspecified atom stereocenters. The first kappa shape index (κ1) is 12.2.